The van der Waals surface area contributed by atoms with Crippen LogP contribution in [0.1, 0.15) is 33.1 Å². The Bertz CT molecular complexity index is 486. The van der Waals surface area contributed by atoms with E-state index in [1.165, 1.54) is 0 Å². The molecule has 1 aliphatic rings. The third-order valence-electron chi connectivity index (χ3n) is 4.41. The van der Waals surface area contributed by atoms with Crippen molar-refractivity contribution in [1.29, 1.82) is 0 Å². The summed E-state index contributed by atoms with van der Waals surface area (Å²) < 4.78 is 0.749. The van der Waals surface area contributed by atoms with E-state index >= 15 is 0 Å². The molecule has 1 fully saturated rings. The van der Waals surface area contributed by atoms with Gasteiger partial charge in [0.05, 0.1) is 4.92 Å². The molecule has 0 aliphatic carbocycles. The van der Waals surface area contributed by atoms with Gasteiger partial charge in [-0.25, -0.2) is 0 Å². The molecule has 5 heteroatoms. The Labute approximate surface area is 122 Å². The fourth-order valence-electron chi connectivity index (χ4n) is 2.88. The maximum atomic E-state index is 11.2. The van der Waals surface area contributed by atoms with Crippen molar-refractivity contribution in [2.24, 2.45) is 5.41 Å². The van der Waals surface area contributed by atoms with E-state index < -0.39 is 0 Å². The molecule has 1 aliphatic heterocycles. The maximum absolute atomic E-state index is 11.2. The third kappa shape index (κ3) is 2.76. The molecule has 0 N–H and O–H groups in total. The summed E-state index contributed by atoms with van der Waals surface area (Å²) in [5, 5.41) is 11.2. The largest absolute Gasteiger partial charge is 0.365 e. The second kappa shape index (κ2) is 5.49. The summed E-state index contributed by atoms with van der Waals surface area (Å²) in [5.41, 5.74) is 1.26. The van der Waals surface area contributed by atoms with Gasteiger partial charge >= 0.3 is 0 Å². The average molecular weight is 327 g/mol. The van der Waals surface area contributed by atoms with Crippen molar-refractivity contribution in [3.8, 4) is 0 Å². The van der Waals surface area contributed by atoms with Crippen LogP contribution in [0.4, 0.5) is 11.4 Å². The van der Waals surface area contributed by atoms with E-state index in [9.17, 15) is 10.1 Å². The molecular formula is C14H19BrN2O2. The van der Waals surface area contributed by atoms with Crippen molar-refractivity contribution in [3.05, 3.63) is 32.8 Å². The first-order valence-electron chi connectivity index (χ1n) is 6.70. The zero-order valence-corrected chi connectivity index (χ0v) is 12.9. The van der Waals surface area contributed by atoms with E-state index in [-0.39, 0.29) is 10.6 Å². The summed E-state index contributed by atoms with van der Waals surface area (Å²) >= 11 is 3.30. The van der Waals surface area contributed by atoms with Crippen LogP contribution in [0, 0.1) is 15.5 Å². The molecule has 1 aromatic carbocycles. The van der Waals surface area contributed by atoms with Crippen molar-refractivity contribution in [1.82, 2.24) is 0 Å². The number of nitrogens with zero attached hydrogens (tertiary/aromatic N) is 2. The highest BCUT2D eigenvalue weighted by atomic mass is 79.9. The highest BCUT2D eigenvalue weighted by Crippen LogP contribution is 2.41. The highest BCUT2D eigenvalue weighted by Gasteiger charge is 2.36. The molecule has 0 radical (unpaired) electrons. The van der Waals surface area contributed by atoms with Crippen molar-refractivity contribution in [3.63, 3.8) is 0 Å². The van der Waals surface area contributed by atoms with E-state index in [1.807, 2.05) is 12.1 Å². The number of anilines is 1. The summed E-state index contributed by atoms with van der Waals surface area (Å²) in [6.45, 7) is 6.25. The van der Waals surface area contributed by atoms with Crippen LogP contribution in [-0.2, 0) is 0 Å². The number of nitro groups is 1. The average Bonchev–Trinajstić information content (AvgIpc) is 2.83. The lowest BCUT2D eigenvalue weighted by Gasteiger charge is -2.27. The Kier molecular flexibility index (Phi) is 4.13. The monoisotopic (exact) mass is 326 g/mol. The quantitative estimate of drug-likeness (QED) is 0.609. The fourth-order valence-corrected chi connectivity index (χ4v) is 3.23. The minimum atomic E-state index is -0.294. The summed E-state index contributed by atoms with van der Waals surface area (Å²) in [6.07, 6.45) is 3.38. The predicted molar refractivity (Wildman–Crippen MR) is 80.6 cm³/mol. The van der Waals surface area contributed by atoms with Gasteiger partial charge in [-0.2, -0.15) is 0 Å². The van der Waals surface area contributed by atoms with Crippen LogP contribution in [0.15, 0.2) is 22.7 Å². The lowest BCUT2D eigenvalue weighted by molar-refractivity contribution is -0.384. The molecule has 0 bridgehead atoms. The summed E-state index contributed by atoms with van der Waals surface area (Å²) in [6, 6.07) is 5.32. The Morgan fingerprint density at radius 2 is 2.11 bits per heavy atom. The molecule has 2 rings (SSSR count). The second-order valence-corrected chi connectivity index (χ2v) is 6.18. The van der Waals surface area contributed by atoms with Crippen molar-refractivity contribution in [2.45, 2.75) is 33.1 Å². The van der Waals surface area contributed by atoms with Gasteiger partial charge in [0.25, 0.3) is 5.69 Å². The Hall–Kier alpha value is -1.10. The van der Waals surface area contributed by atoms with E-state index in [0.717, 1.165) is 42.5 Å². The van der Waals surface area contributed by atoms with Crippen molar-refractivity contribution >= 4 is 27.3 Å². The van der Waals surface area contributed by atoms with Crippen LogP contribution in [-0.4, -0.2) is 18.0 Å². The smallest absolute Gasteiger partial charge is 0.293 e. The fraction of sp³-hybridized carbons (Fsp3) is 0.571. The van der Waals surface area contributed by atoms with Gasteiger partial charge in [0.15, 0.2) is 0 Å². The molecular weight excluding hydrogens is 308 g/mol. The topological polar surface area (TPSA) is 46.4 Å². The molecule has 0 spiro atoms. The summed E-state index contributed by atoms with van der Waals surface area (Å²) in [4.78, 5) is 13.1. The van der Waals surface area contributed by atoms with Crippen LogP contribution in [0.5, 0.6) is 0 Å². The number of halogens is 1. The number of rotatable bonds is 4. The SMILES string of the molecule is CCC1(CC)CCN(c2ccc(Br)cc2[N+](=O)[O-])C1. The number of nitro benzene ring substituents is 1. The third-order valence-corrected chi connectivity index (χ3v) is 4.91. The lowest BCUT2D eigenvalue weighted by Crippen LogP contribution is -2.26. The molecule has 0 atom stereocenters. The van der Waals surface area contributed by atoms with Crippen LogP contribution in [0.25, 0.3) is 0 Å². The van der Waals surface area contributed by atoms with Gasteiger partial charge < -0.3 is 4.90 Å². The molecule has 1 heterocycles. The number of hydrogen-bond acceptors (Lipinski definition) is 3. The van der Waals surface area contributed by atoms with Crippen molar-refractivity contribution in [2.75, 3.05) is 18.0 Å². The van der Waals surface area contributed by atoms with E-state index in [4.69, 9.17) is 0 Å². The molecule has 4 nitrogen and oxygen atoms in total. The molecule has 104 valence electrons. The molecule has 19 heavy (non-hydrogen) atoms. The van der Waals surface area contributed by atoms with Crippen LogP contribution in [0.2, 0.25) is 0 Å². The van der Waals surface area contributed by atoms with Gasteiger partial charge in [0, 0.05) is 23.6 Å². The van der Waals surface area contributed by atoms with E-state index in [0.29, 0.717) is 5.41 Å². The Morgan fingerprint density at radius 3 is 2.63 bits per heavy atom. The normalized spacial score (nSPS) is 17.7. The number of hydrogen-bond donors (Lipinski definition) is 0. The Morgan fingerprint density at radius 1 is 1.42 bits per heavy atom. The van der Waals surface area contributed by atoms with Gasteiger partial charge in [0.2, 0.25) is 0 Å². The Balaban J connectivity index is 2.31. The minimum Gasteiger partial charge on any atom is -0.365 e. The van der Waals surface area contributed by atoms with Gasteiger partial charge in [0.1, 0.15) is 5.69 Å². The summed E-state index contributed by atoms with van der Waals surface area (Å²) in [5.74, 6) is 0. The van der Waals surface area contributed by atoms with Gasteiger partial charge in [-0.3, -0.25) is 10.1 Å². The minimum absolute atomic E-state index is 0.192. The second-order valence-electron chi connectivity index (χ2n) is 5.27. The van der Waals surface area contributed by atoms with Crippen LogP contribution < -0.4 is 4.90 Å². The zero-order chi connectivity index (χ0) is 14.0. The van der Waals surface area contributed by atoms with Gasteiger partial charge in [-0.1, -0.05) is 29.8 Å². The van der Waals surface area contributed by atoms with E-state index in [2.05, 4.69) is 34.7 Å². The maximum Gasteiger partial charge on any atom is 0.293 e. The molecule has 0 unspecified atom stereocenters. The first kappa shape index (κ1) is 14.3. The molecule has 0 amide bonds. The lowest BCUT2D eigenvalue weighted by atomic mass is 9.82. The van der Waals surface area contributed by atoms with Gasteiger partial charge in [-0.05, 0) is 36.8 Å². The van der Waals surface area contributed by atoms with Gasteiger partial charge in [-0.15, -0.1) is 0 Å². The number of benzene rings is 1. The standard InChI is InChI=1S/C14H19BrN2O2/c1-3-14(4-2)7-8-16(10-14)12-6-5-11(15)9-13(12)17(18)19/h5-6,9H,3-4,7-8,10H2,1-2H3. The summed E-state index contributed by atoms with van der Waals surface area (Å²) in [7, 11) is 0. The zero-order valence-electron chi connectivity index (χ0n) is 11.4. The van der Waals surface area contributed by atoms with E-state index in [1.54, 1.807) is 6.07 Å². The first-order chi connectivity index (χ1) is 9.01. The highest BCUT2D eigenvalue weighted by molar-refractivity contribution is 9.10. The molecule has 0 aromatic heterocycles. The molecule has 0 saturated carbocycles. The first-order valence-corrected chi connectivity index (χ1v) is 7.49. The van der Waals surface area contributed by atoms with Crippen LogP contribution >= 0.6 is 15.9 Å². The van der Waals surface area contributed by atoms with Crippen molar-refractivity contribution < 1.29 is 4.92 Å². The predicted octanol–water partition coefficient (Wildman–Crippen LogP) is 4.37. The van der Waals surface area contributed by atoms with Crippen LogP contribution in [0.3, 0.4) is 0 Å². The molecule has 1 saturated heterocycles. The molecule has 1 aromatic rings.